The molecule has 0 radical (unpaired) electrons. The van der Waals surface area contributed by atoms with Gasteiger partial charge < -0.3 is 14.8 Å². The largest absolute Gasteiger partial charge is 0.462 e. The van der Waals surface area contributed by atoms with Gasteiger partial charge in [0.2, 0.25) is 0 Å². The molecule has 0 aromatic heterocycles. The SMILES string of the molecule is CC(=O)O[C@H](C[C@@H]1CC(NC(=O)c2ccccc2)C[C@H](C(C)(C)C)O1)C1CCCCC1. The molecule has 1 unspecified atom stereocenters. The first-order valence-corrected chi connectivity index (χ1v) is 11.9. The molecule has 2 aliphatic rings. The summed E-state index contributed by atoms with van der Waals surface area (Å²) in [5.74, 6) is 0.157. The van der Waals surface area contributed by atoms with E-state index in [4.69, 9.17) is 9.47 Å². The summed E-state index contributed by atoms with van der Waals surface area (Å²) in [6.45, 7) is 8.04. The Labute approximate surface area is 187 Å². The number of carbonyl (C=O) groups excluding carboxylic acids is 2. The minimum atomic E-state index is -0.215. The molecule has 5 heteroatoms. The predicted molar refractivity (Wildman–Crippen MR) is 122 cm³/mol. The van der Waals surface area contributed by atoms with Crippen LogP contribution in [0.15, 0.2) is 30.3 Å². The van der Waals surface area contributed by atoms with E-state index in [1.54, 1.807) is 0 Å². The third-order valence-corrected chi connectivity index (χ3v) is 6.73. The summed E-state index contributed by atoms with van der Waals surface area (Å²) in [7, 11) is 0. The van der Waals surface area contributed by atoms with Gasteiger partial charge in [0.1, 0.15) is 6.10 Å². The quantitative estimate of drug-likeness (QED) is 0.625. The van der Waals surface area contributed by atoms with Gasteiger partial charge in [-0.3, -0.25) is 9.59 Å². The van der Waals surface area contributed by atoms with Gasteiger partial charge in [0.15, 0.2) is 0 Å². The van der Waals surface area contributed by atoms with Crippen LogP contribution in [0.25, 0.3) is 0 Å². The second kappa shape index (κ2) is 10.6. The molecule has 1 aliphatic heterocycles. The molecule has 1 amide bonds. The zero-order valence-electron chi connectivity index (χ0n) is 19.6. The molecule has 1 saturated heterocycles. The van der Waals surface area contributed by atoms with Gasteiger partial charge in [-0.05, 0) is 49.1 Å². The molecule has 172 valence electrons. The lowest BCUT2D eigenvalue weighted by atomic mass is 9.79. The van der Waals surface area contributed by atoms with Gasteiger partial charge >= 0.3 is 5.97 Å². The summed E-state index contributed by atoms with van der Waals surface area (Å²) >= 11 is 0. The van der Waals surface area contributed by atoms with Crippen LogP contribution in [0.4, 0.5) is 0 Å². The van der Waals surface area contributed by atoms with E-state index in [-0.39, 0.29) is 41.6 Å². The molecule has 1 aliphatic carbocycles. The van der Waals surface area contributed by atoms with Gasteiger partial charge in [0.25, 0.3) is 5.91 Å². The fraction of sp³-hybridized carbons (Fsp3) is 0.692. The molecule has 1 aromatic rings. The second-order valence-corrected chi connectivity index (χ2v) is 10.4. The van der Waals surface area contributed by atoms with Crippen molar-refractivity contribution in [1.29, 1.82) is 0 Å². The van der Waals surface area contributed by atoms with Crippen molar-refractivity contribution >= 4 is 11.9 Å². The minimum Gasteiger partial charge on any atom is -0.462 e. The van der Waals surface area contributed by atoms with Crippen molar-refractivity contribution in [2.75, 3.05) is 0 Å². The molecule has 1 aromatic carbocycles. The number of ether oxygens (including phenoxy) is 2. The van der Waals surface area contributed by atoms with E-state index in [1.807, 2.05) is 30.3 Å². The van der Waals surface area contributed by atoms with Crippen LogP contribution in [0.5, 0.6) is 0 Å². The monoisotopic (exact) mass is 429 g/mol. The van der Waals surface area contributed by atoms with E-state index in [1.165, 1.54) is 26.2 Å². The molecule has 0 spiro atoms. The van der Waals surface area contributed by atoms with E-state index >= 15 is 0 Å². The molecular formula is C26H39NO4. The highest BCUT2D eigenvalue weighted by atomic mass is 16.5. The van der Waals surface area contributed by atoms with Crippen LogP contribution < -0.4 is 5.32 Å². The maximum Gasteiger partial charge on any atom is 0.302 e. The highest BCUT2D eigenvalue weighted by Gasteiger charge is 2.39. The lowest BCUT2D eigenvalue weighted by Gasteiger charge is -2.43. The Bertz CT molecular complexity index is 721. The van der Waals surface area contributed by atoms with Gasteiger partial charge in [-0.15, -0.1) is 0 Å². The van der Waals surface area contributed by atoms with E-state index in [2.05, 4.69) is 26.1 Å². The molecule has 0 bridgehead atoms. The third kappa shape index (κ3) is 7.06. The van der Waals surface area contributed by atoms with Gasteiger partial charge in [-0.1, -0.05) is 58.2 Å². The maximum absolute atomic E-state index is 12.8. The Morgan fingerprint density at radius 3 is 2.39 bits per heavy atom. The summed E-state index contributed by atoms with van der Waals surface area (Å²) in [5.41, 5.74) is 0.647. The highest BCUT2D eigenvalue weighted by Crippen LogP contribution is 2.36. The zero-order valence-corrected chi connectivity index (χ0v) is 19.6. The molecule has 2 fully saturated rings. The summed E-state index contributed by atoms with van der Waals surface area (Å²) in [6, 6.07) is 9.40. The van der Waals surface area contributed by atoms with Crippen LogP contribution in [0.3, 0.4) is 0 Å². The number of hydrogen-bond acceptors (Lipinski definition) is 4. The van der Waals surface area contributed by atoms with Gasteiger partial charge in [0, 0.05) is 24.9 Å². The first kappa shape index (κ1) is 23.8. The summed E-state index contributed by atoms with van der Waals surface area (Å²) in [6.07, 6.45) is 8.04. The lowest BCUT2D eigenvalue weighted by Crippen LogP contribution is -2.50. The predicted octanol–water partition coefficient (Wildman–Crippen LogP) is 5.28. The van der Waals surface area contributed by atoms with E-state index in [0.29, 0.717) is 17.9 Å². The number of benzene rings is 1. The van der Waals surface area contributed by atoms with E-state index < -0.39 is 0 Å². The average Bonchev–Trinajstić information content (AvgIpc) is 2.73. The summed E-state index contributed by atoms with van der Waals surface area (Å²) in [4.78, 5) is 24.6. The summed E-state index contributed by atoms with van der Waals surface area (Å²) in [5, 5.41) is 3.23. The fourth-order valence-electron chi connectivity index (χ4n) is 5.02. The Balaban J connectivity index is 1.71. The van der Waals surface area contributed by atoms with Crippen molar-refractivity contribution in [1.82, 2.24) is 5.32 Å². The molecule has 31 heavy (non-hydrogen) atoms. The van der Waals surface area contributed by atoms with Crippen LogP contribution in [-0.4, -0.2) is 36.2 Å². The van der Waals surface area contributed by atoms with Crippen molar-refractivity contribution in [2.24, 2.45) is 11.3 Å². The molecule has 1 heterocycles. The van der Waals surface area contributed by atoms with Crippen molar-refractivity contribution in [3.8, 4) is 0 Å². The molecule has 4 atom stereocenters. The van der Waals surface area contributed by atoms with E-state index in [0.717, 1.165) is 25.7 Å². The Hall–Kier alpha value is -1.88. The average molecular weight is 430 g/mol. The number of amides is 1. The summed E-state index contributed by atoms with van der Waals surface area (Å²) < 4.78 is 12.3. The van der Waals surface area contributed by atoms with Crippen LogP contribution in [0, 0.1) is 11.3 Å². The molecular weight excluding hydrogens is 390 g/mol. The molecule has 5 nitrogen and oxygen atoms in total. The number of carbonyl (C=O) groups is 2. The molecule has 1 saturated carbocycles. The minimum absolute atomic E-state index is 0.0316. The van der Waals surface area contributed by atoms with Crippen molar-refractivity contribution in [3.05, 3.63) is 35.9 Å². The number of hydrogen-bond donors (Lipinski definition) is 1. The van der Waals surface area contributed by atoms with Crippen LogP contribution in [-0.2, 0) is 14.3 Å². The molecule has 1 N–H and O–H groups in total. The number of esters is 1. The van der Waals surface area contributed by atoms with Gasteiger partial charge in [-0.2, -0.15) is 0 Å². The zero-order chi connectivity index (χ0) is 22.4. The second-order valence-electron chi connectivity index (χ2n) is 10.4. The van der Waals surface area contributed by atoms with Crippen LogP contribution in [0.2, 0.25) is 0 Å². The highest BCUT2D eigenvalue weighted by molar-refractivity contribution is 5.94. The first-order valence-electron chi connectivity index (χ1n) is 11.9. The smallest absolute Gasteiger partial charge is 0.302 e. The van der Waals surface area contributed by atoms with Crippen molar-refractivity contribution in [3.63, 3.8) is 0 Å². The lowest BCUT2D eigenvalue weighted by molar-refractivity contribution is -0.158. The topological polar surface area (TPSA) is 64.6 Å². The standard InChI is InChI=1S/C26H39NO4/c1-18(28)30-23(19-11-7-5-8-12-19)17-22-15-21(16-24(31-22)26(2,3)4)27-25(29)20-13-9-6-10-14-20/h6,9-10,13-14,19,21-24H,5,7-8,11-12,15-17H2,1-4H3,(H,27,29)/t21?,22-,23+,24+/m0/s1. The number of nitrogens with one attached hydrogen (secondary N) is 1. The normalized spacial score (nSPS) is 26.1. The van der Waals surface area contributed by atoms with Crippen molar-refractivity contribution < 1.29 is 19.1 Å². The maximum atomic E-state index is 12.8. The van der Waals surface area contributed by atoms with Crippen LogP contribution >= 0.6 is 0 Å². The van der Waals surface area contributed by atoms with Crippen LogP contribution in [0.1, 0.15) is 89.4 Å². The number of rotatable bonds is 6. The van der Waals surface area contributed by atoms with E-state index in [9.17, 15) is 9.59 Å². The van der Waals surface area contributed by atoms with Gasteiger partial charge in [0.05, 0.1) is 12.2 Å². The fourth-order valence-corrected chi connectivity index (χ4v) is 5.02. The third-order valence-electron chi connectivity index (χ3n) is 6.73. The Morgan fingerprint density at radius 1 is 1.10 bits per heavy atom. The Morgan fingerprint density at radius 2 is 1.77 bits per heavy atom. The first-order chi connectivity index (χ1) is 14.7. The Kier molecular flexibility index (Phi) is 8.15. The molecule has 3 rings (SSSR count). The van der Waals surface area contributed by atoms with Crippen molar-refractivity contribution in [2.45, 2.75) is 103 Å². The van der Waals surface area contributed by atoms with Gasteiger partial charge in [-0.25, -0.2) is 0 Å².